The lowest BCUT2D eigenvalue weighted by Gasteiger charge is -2.00. The fourth-order valence-electron chi connectivity index (χ4n) is 2.00. The first-order valence-electron chi connectivity index (χ1n) is 6.58. The van der Waals surface area contributed by atoms with Crippen molar-refractivity contribution in [1.82, 2.24) is 9.97 Å². The number of amides is 1. The highest BCUT2D eigenvalue weighted by Gasteiger charge is 2.13. The maximum absolute atomic E-state index is 12.1. The molecule has 6 heteroatoms. The van der Waals surface area contributed by atoms with Crippen molar-refractivity contribution in [2.45, 2.75) is 6.92 Å². The second-order valence-electron chi connectivity index (χ2n) is 4.62. The number of carbonyl (C=O) groups excluding carboxylic acids is 1. The summed E-state index contributed by atoms with van der Waals surface area (Å²) >= 11 is 7.35. The van der Waals surface area contributed by atoms with Crippen molar-refractivity contribution in [3.8, 4) is 11.3 Å². The van der Waals surface area contributed by atoms with Crippen molar-refractivity contribution in [1.29, 1.82) is 0 Å². The molecule has 0 saturated heterocycles. The predicted octanol–water partition coefficient (Wildman–Crippen LogP) is 4.42. The second-order valence-corrected chi connectivity index (χ2v) is 6.26. The van der Waals surface area contributed by atoms with Gasteiger partial charge in [0.25, 0.3) is 5.91 Å². The first-order valence-corrected chi connectivity index (χ1v) is 7.77. The van der Waals surface area contributed by atoms with E-state index in [1.54, 1.807) is 24.5 Å². The zero-order chi connectivity index (χ0) is 15.5. The monoisotopic (exact) mass is 329 g/mol. The van der Waals surface area contributed by atoms with Crippen molar-refractivity contribution in [2.75, 3.05) is 5.32 Å². The van der Waals surface area contributed by atoms with Crippen LogP contribution in [0, 0.1) is 6.92 Å². The molecular formula is C16H12ClN3OS. The smallest absolute Gasteiger partial charge is 0.257 e. The zero-order valence-electron chi connectivity index (χ0n) is 11.7. The number of nitrogens with zero attached hydrogens (tertiary/aromatic N) is 2. The van der Waals surface area contributed by atoms with Gasteiger partial charge in [-0.2, -0.15) is 0 Å². The molecule has 0 fully saturated rings. The van der Waals surface area contributed by atoms with E-state index in [9.17, 15) is 4.79 Å². The quantitative estimate of drug-likeness (QED) is 0.774. The van der Waals surface area contributed by atoms with Crippen LogP contribution in [0.5, 0.6) is 0 Å². The standard InChI is InChI=1S/C16H12ClN3OS/c1-10-14(11-2-4-13(17)5-3-11)19-16(22-10)20-15(21)12-6-8-18-9-7-12/h2-9H,1H3,(H,19,20,21). The van der Waals surface area contributed by atoms with Crippen LogP contribution in [-0.4, -0.2) is 15.9 Å². The SMILES string of the molecule is Cc1sc(NC(=O)c2ccncc2)nc1-c1ccc(Cl)cc1. The number of aryl methyl sites for hydroxylation is 1. The Morgan fingerprint density at radius 3 is 2.50 bits per heavy atom. The number of halogens is 1. The summed E-state index contributed by atoms with van der Waals surface area (Å²) in [7, 11) is 0. The number of nitrogens with one attached hydrogen (secondary N) is 1. The minimum Gasteiger partial charge on any atom is -0.298 e. The van der Waals surface area contributed by atoms with E-state index in [0.717, 1.165) is 16.1 Å². The third-order valence-electron chi connectivity index (χ3n) is 3.08. The molecule has 110 valence electrons. The van der Waals surface area contributed by atoms with Crippen molar-refractivity contribution in [3.63, 3.8) is 0 Å². The van der Waals surface area contributed by atoms with E-state index in [-0.39, 0.29) is 5.91 Å². The highest BCUT2D eigenvalue weighted by molar-refractivity contribution is 7.16. The number of anilines is 1. The van der Waals surface area contributed by atoms with Crippen LogP contribution in [-0.2, 0) is 0 Å². The Kier molecular flexibility index (Phi) is 4.18. The Morgan fingerprint density at radius 1 is 1.14 bits per heavy atom. The fraction of sp³-hybridized carbons (Fsp3) is 0.0625. The van der Waals surface area contributed by atoms with Crippen LogP contribution >= 0.6 is 22.9 Å². The van der Waals surface area contributed by atoms with Gasteiger partial charge in [0.15, 0.2) is 5.13 Å². The van der Waals surface area contributed by atoms with Crippen molar-refractivity contribution >= 4 is 34.0 Å². The summed E-state index contributed by atoms with van der Waals surface area (Å²) in [6.45, 7) is 1.98. The molecule has 1 amide bonds. The first kappa shape index (κ1) is 14.7. The van der Waals surface area contributed by atoms with Crippen LogP contribution in [0.1, 0.15) is 15.2 Å². The third kappa shape index (κ3) is 3.16. The number of pyridine rings is 1. The highest BCUT2D eigenvalue weighted by atomic mass is 35.5. The summed E-state index contributed by atoms with van der Waals surface area (Å²) in [5.41, 5.74) is 2.38. The first-order chi connectivity index (χ1) is 10.6. The van der Waals surface area contributed by atoms with Gasteiger partial charge in [0, 0.05) is 33.4 Å². The molecule has 0 unspecified atom stereocenters. The average Bonchev–Trinajstić information content (AvgIpc) is 2.89. The maximum atomic E-state index is 12.1. The van der Waals surface area contributed by atoms with E-state index in [1.807, 2.05) is 31.2 Å². The summed E-state index contributed by atoms with van der Waals surface area (Å²) in [6, 6.07) is 10.8. The molecule has 1 aromatic carbocycles. The van der Waals surface area contributed by atoms with Gasteiger partial charge in [0.1, 0.15) is 0 Å². The number of hydrogen-bond acceptors (Lipinski definition) is 4. The molecule has 1 N–H and O–H groups in total. The summed E-state index contributed by atoms with van der Waals surface area (Å²) in [4.78, 5) is 21.6. The molecule has 0 bridgehead atoms. The molecule has 2 aromatic heterocycles. The molecule has 0 saturated carbocycles. The molecule has 0 aliphatic heterocycles. The molecule has 0 aliphatic rings. The third-order valence-corrected chi connectivity index (χ3v) is 4.22. The Hall–Kier alpha value is -2.24. The molecular weight excluding hydrogens is 318 g/mol. The molecule has 0 aliphatic carbocycles. The van der Waals surface area contributed by atoms with Crippen LogP contribution in [0.15, 0.2) is 48.8 Å². The molecule has 3 rings (SSSR count). The number of aromatic nitrogens is 2. The number of benzene rings is 1. The van der Waals surface area contributed by atoms with Crippen LogP contribution in [0.25, 0.3) is 11.3 Å². The second kappa shape index (κ2) is 6.25. The lowest BCUT2D eigenvalue weighted by molar-refractivity contribution is 0.102. The van der Waals surface area contributed by atoms with Crippen LogP contribution < -0.4 is 5.32 Å². The molecule has 2 heterocycles. The number of carbonyl (C=O) groups is 1. The lowest BCUT2D eigenvalue weighted by atomic mass is 10.1. The van der Waals surface area contributed by atoms with Gasteiger partial charge < -0.3 is 0 Å². The normalized spacial score (nSPS) is 10.5. The van der Waals surface area contributed by atoms with E-state index >= 15 is 0 Å². The summed E-state index contributed by atoms with van der Waals surface area (Å²) in [5, 5.41) is 4.07. The largest absolute Gasteiger partial charge is 0.298 e. The molecule has 0 atom stereocenters. The zero-order valence-corrected chi connectivity index (χ0v) is 13.3. The molecule has 3 aromatic rings. The Balaban J connectivity index is 1.83. The highest BCUT2D eigenvalue weighted by Crippen LogP contribution is 2.31. The van der Waals surface area contributed by atoms with Crippen molar-refractivity contribution in [2.24, 2.45) is 0 Å². The molecule has 4 nitrogen and oxygen atoms in total. The van der Waals surface area contributed by atoms with E-state index < -0.39 is 0 Å². The van der Waals surface area contributed by atoms with Gasteiger partial charge in [0.2, 0.25) is 0 Å². The summed E-state index contributed by atoms with van der Waals surface area (Å²) in [6.07, 6.45) is 3.17. The van der Waals surface area contributed by atoms with E-state index in [1.165, 1.54) is 11.3 Å². The predicted molar refractivity (Wildman–Crippen MR) is 89.5 cm³/mol. The molecule has 0 radical (unpaired) electrons. The van der Waals surface area contributed by atoms with E-state index in [4.69, 9.17) is 11.6 Å². The minimum absolute atomic E-state index is 0.196. The summed E-state index contributed by atoms with van der Waals surface area (Å²) < 4.78 is 0. The van der Waals surface area contributed by atoms with Gasteiger partial charge in [-0.3, -0.25) is 15.1 Å². The van der Waals surface area contributed by atoms with E-state index in [2.05, 4.69) is 15.3 Å². The molecule has 0 spiro atoms. The lowest BCUT2D eigenvalue weighted by Crippen LogP contribution is -2.11. The Labute approximate surface area is 136 Å². The fourth-order valence-corrected chi connectivity index (χ4v) is 2.95. The van der Waals surface area contributed by atoms with Crippen molar-refractivity contribution in [3.05, 3.63) is 64.3 Å². The number of rotatable bonds is 3. The maximum Gasteiger partial charge on any atom is 0.257 e. The average molecular weight is 330 g/mol. The van der Waals surface area contributed by atoms with Gasteiger partial charge in [-0.15, -0.1) is 11.3 Å². The van der Waals surface area contributed by atoms with Gasteiger partial charge in [-0.25, -0.2) is 4.98 Å². The molecule has 22 heavy (non-hydrogen) atoms. The van der Waals surface area contributed by atoms with Gasteiger partial charge in [-0.05, 0) is 31.2 Å². The minimum atomic E-state index is -0.196. The van der Waals surface area contributed by atoms with Crippen LogP contribution in [0.4, 0.5) is 5.13 Å². The van der Waals surface area contributed by atoms with Crippen LogP contribution in [0.3, 0.4) is 0 Å². The van der Waals surface area contributed by atoms with Gasteiger partial charge in [0.05, 0.1) is 5.69 Å². The topological polar surface area (TPSA) is 54.9 Å². The van der Waals surface area contributed by atoms with Crippen LogP contribution in [0.2, 0.25) is 5.02 Å². The van der Waals surface area contributed by atoms with E-state index in [0.29, 0.717) is 15.7 Å². The Morgan fingerprint density at radius 2 is 1.82 bits per heavy atom. The van der Waals surface area contributed by atoms with Crippen molar-refractivity contribution < 1.29 is 4.79 Å². The number of thiazole rings is 1. The number of hydrogen-bond donors (Lipinski definition) is 1. The Bertz CT molecular complexity index is 800. The summed E-state index contributed by atoms with van der Waals surface area (Å²) in [5.74, 6) is -0.196. The van der Waals surface area contributed by atoms with Gasteiger partial charge >= 0.3 is 0 Å². The van der Waals surface area contributed by atoms with Gasteiger partial charge in [-0.1, -0.05) is 23.7 Å².